The van der Waals surface area contributed by atoms with Crippen LogP contribution in [0.25, 0.3) is 22.4 Å². The number of para-hydroxylation sites is 1. The number of nitrogens with one attached hydrogen (secondary N) is 1. The highest BCUT2D eigenvalue weighted by atomic mass is 15.2. The average molecular weight is 316 g/mol. The number of rotatable bonds is 1. The van der Waals surface area contributed by atoms with Gasteiger partial charge in [-0.15, -0.1) is 0 Å². The molecule has 2 aromatic heterocycles. The van der Waals surface area contributed by atoms with Crippen molar-refractivity contribution >= 4 is 10.9 Å². The Bertz CT molecular complexity index is 1040. The molecule has 2 heterocycles. The van der Waals surface area contributed by atoms with Gasteiger partial charge in [-0.3, -0.25) is 5.10 Å². The van der Waals surface area contributed by atoms with Gasteiger partial charge in [0.2, 0.25) is 0 Å². The van der Waals surface area contributed by atoms with Gasteiger partial charge >= 0.3 is 0 Å². The molecule has 1 aromatic carbocycles. The van der Waals surface area contributed by atoms with E-state index in [0.29, 0.717) is 16.7 Å². The zero-order valence-electron chi connectivity index (χ0n) is 14.2. The van der Waals surface area contributed by atoms with E-state index < -0.39 is 0 Å². The highest BCUT2D eigenvalue weighted by molar-refractivity contribution is 5.79. The molecule has 3 aliphatic carbocycles. The SMILES string of the molecule is CC12CC3c4c(n[nH]c4-c4ncc5ccccc5n4)C(C)(C1)C32C. The molecule has 1 N–H and O–H groups in total. The first-order valence-electron chi connectivity index (χ1n) is 8.79. The summed E-state index contributed by atoms with van der Waals surface area (Å²) in [6.45, 7) is 7.32. The van der Waals surface area contributed by atoms with E-state index in [4.69, 9.17) is 10.1 Å². The van der Waals surface area contributed by atoms with E-state index in [0.717, 1.165) is 22.4 Å². The summed E-state index contributed by atoms with van der Waals surface area (Å²) in [4.78, 5) is 9.43. The summed E-state index contributed by atoms with van der Waals surface area (Å²) in [6, 6.07) is 8.14. The lowest BCUT2D eigenvalue weighted by atomic mass is 9.28. The lowest BCUT2D eigenvalue weighted by molar-refractivity contribution is -0.228. The van der Waals surface area contributed by atoms with Gasteiger partial charge in [0.1, 0.15) is 5.69 Å². The third-order valence-electron chi connectivity index (χ3n) is 7.88. The molecule has 0 saturated heterocycles. The number of H-pyrrole nitrogens is 1. The lowest BCUT2D eigenvalue weighted by Crippen LogP contribution is -2.70. The Morgan fingerprint density at radius 3 is 2.83 bits per heavy atom. The predicted molar refractivity (Wildman–Crippen MR) is 92.7 cm³/mol. The van der Waals surface area contributed by atoms with Crippen LogP contribution in [0.4, 0.5) is 0 Å². The molecule has 120 valence electrons. The molecule has 4 unspecified atom stereocenters. The summed E-state index contributed by atoms with van der Waals surface area (Å²) >= 11 is 0. The van der Waals surface area contributed by atoms with Crippen LogP contribution in [0.1, 0.15) is 50.8 Å². The molecule has 2 fully saturated rings. The third-order valence-corrected chi connectivity index (χ3v) is 7.88. The minimum atomic E-state index is 0.214. The molecule has 4 heteroatoms. The molecular formula is C20H20N4. The molecule has 24 heavy (non-hydrogen) atoms. The maximum atomic E-state index is 4.80. The average Bonchev–Trinajstić information content (AvgIpc) is 3.03. The Morgan fingerprint density at radius 1 is 1.17 bits per heavy atom. The predicted octanol–water partition coefficient (Wildman–Crippen LogP) is 4.19. The van der Waals surface area contributed by atoms with E-state index in [-0.39, 0.29) is 5.41 Å². The van der Waals surface area contributed by atoms with Crippen molar-refractivity contribution in [2.45, 2.75) is 44.9 Å². The van der Waals surface area contributed by atoms with E-state index >= 15 is 0 Å². The smallest absolute Gasteiger partial charge is 0.178 e. The molecule has 0 radical (unpaired) electrons. The Kier molecular flexibility index (Phi) is 1.94. The zero-order valence-corrected chi connectivity index (χ0v) is 14.2. The fraction of sp³-hybridized carbons (Fsp3) is 0.450. The van der Waals surface area contributed by atoms with Crippen molar-refractivity contribution in [1.82, 2.24) is 20.2 Å². The Balaban J connectivity index is 1.56. The standard InChI is InChI=1S/C20H20N4/c1-18-8-12-14-15(17-21-9-11-6-4-5-7-13(11)22-17)23-24-16(14)19(2,10-18)20(12,18)3/h4-7,9,12H,8,10H2,1-3H3,(H,23,24). The quantitative estimate of drug-likeness (QED) is 0.732. The van der Waals surface area contributed by atoms with Crippen LogP contribution in [0.2, 0.25) is 0 Å². The molecule has 3 aromatic rings. The van der Waals surface area contributed by atoms with Gasteiger partial charge in [0.25, 0.3) is 0 Å². The van der Waals surface area contributed by atoms with E-state index in [2.05, 4.69) is 36.9 Å². The molecule has 0 bridgehead atoms. The Morgan fingerprint density at radius 2 is 2.00 bits per heavy atom. The largest absolute Gasteiger partial charge is 0.274 e. The first kappa shape index (κ1) is 13.1. The minimum absolute atomic E-state index is 0.214. The van der Waals surface area contributed by atoms with Crippen molar-refractivity contribution in [1.29, 1.82) is 0 Å². The second-order valence-electron chi connectivity index (χ2n) is 8.64. The molecule has 2 saturated carbocycles. The monoisotopic (exact) mass is 316 g/mol. The summed E-state index contributed by atoms with van der Waals surface area (Å²) < 4.78 is 0. The van der Waals surface area contributed by atoms with Crippen molar-refractivity contribution in [3.8, 4) is 11.5 Å². The summed E-state index contributed by atoms with van der Waals surface area (Å²) in [5.74, 6) is 1.38. The highest BCUT2D eigenvalue weighted by Gasteiger charge is 2.81. The van der Waals surface area contributed by atoms with Crippen molar-refractivity contribution < 1.29 is 0 Å². The molecule has 3 aliphatic rings. The maximum Gasteiger partial charge on any atom is 0.178 e. The summed E-state index contributed by atoms with van der Waals surface area (Å²) in [5, 5.41) is 9.11. The van der Waals surface area contributed by atoms with Crippen LogP contribution in [-0.2, 0) is 5.41 Å². The van der Waals surface area contributed by atoms with Crippen molar-refractivity contribution in [2.24, 2.45) is 10.8 Å². The third kappa shape index (κ3) is 1.09. The van der Waals surface area contributed by atoms with Crippen LogP contribution in [-0.4, -0.2) is 20.2 Å². The van der Waals surface area contributed by atoms with Gasteiger partial charge in [-0.25, -0.2) is 9.97 Å². The maximum absolute atomic E-state index is 4.80. The van der Waals surface area contributed by atoms with Gasteiger partial charge in [0.05, 0.1) is 11.2 Å². The van der Waals surface area contributed by atoms with Crippen LogP contribution in [0, 0.1) is 10.8 Å². The molecule has 4 nitrogen and oxygen atoms in total. The van der Waals surface area contributed by atoms with Gasteiger partial charge in [-0.05, 0) is 35.7 Å². The number of aromatic nitrogens is 4. The molecule has 0 aliphatic heterocycles. The minimum Gasteiger partial charge on any atom is -0.274 e. The van der Waals surface area contributed by atoms with Gasteiger partial charge in [0, 0.05) is 22.6 Å². The van der Waals surface area contributed by atoms with Crippen LogP contribution < -0.4 is 0 Å². The first-order valence-corrected chi connectivity index (χ1v) is 8.79. The second-order valence-corrected chi connectivity index (χ2v) is 8.64. The Labute approximate surface area is 140 Å². The first-order chi connectivity index (χ1) is 11.5. The summed E-state index contributed by atoms with van der Waals surface area (Å²) in [7, 11) is 0. The zero-order chi connectivity index (χ0) is 16.3. The van der Waals surface area contributed by atoms with Gasteiger partial charge in [-0.1, -0.05) is 39.0 Å². The number of aromatic amines is 1. The Hall–Kier alpha value is -2.23. The summed E-state index contributed by atoms with van der Waals surface area (Å²) in [6.07, 6.45) is 4.44. The highest BCUT2D eigenvalue weighted by Crippen LogP contribution is 2.87. The van der Waals surface area contributed by atoms with E-state index in [1.54, 1.807) is 0 Å². The number of fused-ring (bicyclic) bond motifs is 4. The fourth-order valence-electron chi connectivity index (χ4n) is 6.41. The molecule has 0 amide bonds. The van der Waals surface area contributed by atoms with E-state index in [1.807, 2.05) is 24.4 Å². The van der Waals surface area contributed by atoms with E-state index in [1.165, 1.54) is 24.1 Å². The number of nitrogens with zero attached hydrogens (tertiary/aromatic N) is 3. The summed E-state index contributed by atoms with van der Waals surface area (Å²) in [5.41, 5.74) is 5.76. The van der Waals surface area contributed by atoms with Crippen molar-refractivity contribution in [3.63, 3.8) is 0 Å². The molecule has 6 rings (SSSR count). The molecular weight excluding hydrogens is 296 g/mol. The number of hydrogen-bond donors (Lipinski definition) is 1. The lowest BCUT2D eigenvalue weighted by Gasteiger charge is -2.75. The van der Waals surface area contributed by atoms with Crippen molar-refractivity contribution in [2.75, 3.05) is 0 Å². The topological polar surface area (TPSA) is 54.5 Å². The fourth-order valence-corrected chi connectivity index (χ4v) is 6.41. The normalized spacial score (nSPS) is 38.4. The molecule has 0 spiro atoms. The number of hydrogen-bond acceptors (Lipinski definition) is 3. The van der Waals surface area contributed by atoms with Crippen LogP contribution in [0.3, 0.4) is 0 Å². The second kappa shape index (κ2) is 3.56. The number of benzene rings is 1. The van der Waals surface area contributed by atoms with Gasteiger partial charge in [-0.2, -0.15) is 5.10 Å². The van der Waals surface area contributed by atoms with Crippen LogP contribution in [0.5, 0.6) is 0 Å². The molecule has 4 atom stereocenters. The van der Waals surface area contributed by atoms with Crippen LogP contribution in [0.15, 0.2) is 30.5 Å². The van der Waals surface area contributed by atoms with Gasteiger partial charge in [0.15, 0.2) is 5.82 Å². The van der Waals surface area contributed by atoms with Crippen molar-refractivity contribution in [3.05, 3.63) is 41.7 Å². The van der Waals surface area contributed by atoms with Crippen LogP contribution >= 0.6 is 0 Å². The van der Waals surface area contributed by atoms with E-state index in [9.17, 15) is 0 Å². The van der Waals surface area contributed by atoms with Gasteiger partial charge < -0.3 is 0 Å².